The summed E-state index contributed by atoms with van der Waals surface area (Å²) in [6, 6.07) is 13.7. The fraction of sp³-hybridized carbons (Fsp3) is 0.261. The number of morpholine rings is 1. The molecule has 4 rings (SSSR count). The second kappa shape index (κ2) is 9.75. The maximum absolute atomic E-state index is 13.0. The molecule has 1 aromatic heterocycles. The molecule has 0 bridgehead atoms. The Morgan fingerprint density at radius 3 is 2.06 bits per heavy atom. The number of ether oxygens (including phenoxy) is 1. The van der Waals surface area contributed by atoms with Crippen LogP contribution in [0.3, 0.4) is 0 Å². The van der Waals surface area contributed by atoms with Gasteiger partial charge >= 0.3 is 0 Å². The number of hydrogen-bond donors (Lipinski definition) is 1. The molecule has 2 atom stereocenters. The largest absolute Gasteiger partial charge is 0.439 e. The average molecular weight is 539 g/mol. The van der Waals surface area contributed by atoms with Crippen molar-refractivity contribution in [3.05, 3.63) is 71.4 Å². The van der Waals surface area contributed by atoms with Crippen LogP contribution < -0.4 is 5.32 Å². The lowest BCUT2D eigenvalue weighted by atomic mass is 10.3. The van der Waals surface area contributed by atoms with Gasteiger partial charge in [0.05, 0.1) is 22.0 Å². The van der Waals surface area contributed by atoms with Crippen LogP contribution in [0.5, 0.6) is 0 Å². The van der Waals surface area contributed by atoms with Crippen molar-refractivity contribution in [1.29, 1.82) is 0 Å². The van der Waals surface area contributed by atoms with E-state index in [9.17, 15) is 21.6 Å². The molecule has 0 radical (unpaired) electrons. The average Bonchev–Trinajstić information content (AvgIpc) is 3.31. The Morgan fingerprint density at radius 2 is 1.46 bits per heavy atom. The van der Waals surface area contributed by atoms with Gasteiger partial charge in [-0.2, -0.15) is 4.31 Å². The molecule has 3 aromatic rings. The first-order valence-corrected chi connectivity index (χ1v) is 13.9. The van der Waals surface area contributed by atoms with Crippen LogP contribution in [-0.2, 0) is 24.6 Å². The van der Waals surface area contributed by atoms with Crippen molar-refractivity contribution in [3.63, 3.8) is 0 Å². The van der Waals surface area contributed by atoms with Gasteiger partial charge in [-0.15, -0.1) is 0 Å². The van der Waals surface area contributed by atoms with E-state index in [2.05, 4.69) is 5.32 Å². The summed E-state index contributed by atoms with van der Waals surface area (Å²) in [5.74, 6) is -0.903. The highest BCUT2D eigenvalue weighted by atomic mass is 35.5. The smallest absolute Gasteiger partial charge is 0.291 e. The Hall–Kier alpha value is -2.70. The number of sulfone groups is 1. The van der Waals surface area contributed by atoms with Crippen molar-refractivity contribution in [2.75, 3.05) is 18.4 Å². The van der Waals surface area contributed by atoms with E-state index >= 15 is 0 Å². The SMILES string of the molecule is CC1CN(S(=O)(=O)c2ccc(NC(=O)c3ccc(S(=O)(=O)c4ccc(Cl)cc4)o3)cc2)CC(C)O1. The number of halogens is 1. The summed E-state index contributed by atoms with van der Waals surface area (Å²) in [5, 5.41) is 2.57. The predicted molar refractivity (Wildman–Crippen MR) is 129 cm³/mol. The van der Waals surface area contributed by atoms with Gasteiger partial charge in [0, 0.05) is 23.8 Å². The number of carbonyl (C=O) groups is 1. The third-order valence-corrected chi connectivity index (χ3v) is 9.07. The second-order valence-electron chi connectivity index (χ2n) is 8.13. The molecule has 35 heavy (non-hydrogen) atoms. The Labute approximate surface area is 208 Å². The molecule has 9 nitrogen and oxygen atoms in total. The first-order chi connectivity index (χ1) is 16.5. The van der Waals surface area contributed by atoms with E-state index in [1.165, 1.54) is 65.0 Å². The minimum absolute atomic E-state index is 0.0240. The fourth-order valence-corrected chi connectivity index (χ4v) is 6.59. The van der Waals surface area contributed by atoms with Gasteiger partial charge in [-0.1, -0.05) is 11.6 Å². The number of nitrogens with zero attached hydrogens (tertiary/aromatic N) is 1. The van der Waals surface area contributed by atoms with E-state index in [1.807, 2.05) is 13.8 Å². The molecule has 0 aliphatic carbocycles. The molecule has 0 spiro atoms. The first kappa shape index (κ1) is 25.4. The highest BCUT2D eigenvalue weighted by Crippen LogP contribution is 2.26. The molecule has 12 heteroatoms. The first-order valence-electron chi connectivity index (χ1n) is 10.6. The molecule has 1 N–H and O–H groups in total. The summed E-state index contributed by atoms with van der Waals surface area (Å²) in [6.07, 6.45) is -0.428. The molecule has 0 saturated carbocycles. The Morgan fingerprint density at radius 1 is 0.886 bits per heavy atom. The molecule has 2 unspecified atom stereocenters. The van der Waals surface area contributed by atoms with Crippen molar-refractivity contribution in [1.82, 2.24) is 4.31 Å². The monoisotopic (exact) mass is 538 g/mol. The van der Waals surface area contributed by atoms with Crippen molar-refractivity contribution in [3.8, 4) is 0 Å². The maximum Gasteiger partial charge on any atom is 0.291 e. The lowest BCUT2D eigenvalue weighted by Gasteiger charge is -2.34. The van der Waals surface area contributed by atoms with Gasteiger partial charge in [0.25, 0.3) is 5.91 Å². The number of benzene rings is 2. The molecule has 1 aliphatic heterocycles. The number of rotatable bonds is 6. The number of amides is 1. The molecule has 1 fully saturated rings. The minimum Gasteiger partial charge on any atom is -0.439 e. The number of carbonyl (C=O) groups excluding carboxylic acids is 1. The summed E-state index contributed by atoms with van der Waals surface area (Å²) in [4.78, 5) is 12.6. The van der Waals surface area contributed by atoms with Gasteiger partial charge in [-0.25, -0.2) is 16.8 Å². The number of nitrogens with one attached hydrogen (secondary N) is 1. The van der Waals surface area contributed by atoms with Gasteiger partial charge in [-0.05, 0) is 74.5 Å². The molecule has 1 amide bonds. The zero-order valence-corrected chi connectivity index (χ0v) is 21.2. The third kappa shape index (κ3) is 5.44. The number of hydrogen-bond acceptors (Lipinski definition) is 7. The summed E-state index contributed by atoms with van der Waals surface area (Å²) in [7, 11) is -7.69. The summed E-state index contributed by atoms with van der Waals surface area (Å²) < 4.78 is 63.6. The normalized spacial score (nSPS) is 19.4. The Kier molecular flexibility index (Phi) is 7.07. The molecule has 186 valence electrons. The van der Waals surface area contributed by atoms with Gasteiger partial charge in [0.15, 0.2) is 5.76 Å². The van der Waals surface area contributed by atoms with E-state index in [4.69, 9.17) is 20.8 Å². The second-order valence-corrected chi connectivity index (χ2v) is 12.4. The molecular weight excluding hydrogens is 516 g/mol. The van der Waals surface area contributed by atoms with Crippen LogP contribution in [0.1, 0.15) is 24.4 Å². The molecule has 2 heterocycles. The predicted octanol–water partition coefficient (Wildman–Crippen LogP) is 3.82. The van der Waals surface area contributed by atoms with Crippen molar-refractivity contribution in [2.45, 2.75) is 40.9 Å². The number of sulfonamides is 1. The Balaban J connectivity index is 1.47. The van der Waals surface area contributed by atoms with E-state index in [1.54, 1.807) is 0 Å². The molecule has 1 saturated heterocycles. The topological polar surface area (TPSA) is 123 Å². The van der Waals surface area contributed by atoms with Crippen molar-refractivity contribution < 1.29 is 30.8 Å². The van der Waals surface area contributed by atoms with Crippen molar-refractivity contribution >= 4 is 43.1 Å². The lowest BCUT2D eigenvalue weighted by Crippen LogP contribution is -2.48. The van der Waals surface area contributed by atoms with Crippen LogP contribution in [0.2, 0.25) is 5.02 Å². The fourth-order valence-electron chi connectivity index (χ4n) is 3.70. The Bertz CT molecular complexity index is 1420. The van der Waals surface area contributed by atoms with E-state index < -0.39 is 25.8 Å². The van der Waals surface area contributed by atoms with Crippen LogP contribution >= 0.6 is 11.6 Å². The van der Waals surface area contributed by atoms with E-state index in [0.29, 0.717) is 10.7 Å². The molecule has 2 aromatic carbocycles. The molecule has 1 aliphatic rings. The van der Waals surface area contributed by atoms with Gasteiger partial charge < -0.3 is 14.5 Å². The highest BCUT2D eigenvalue weighted by Gasteiger charge is 2.32. The highest BCUT2D eigenvalue weighted by molar-refractivity contribution is 7.91. The van der Waals surface area contributed by atoms with Gasteiger partial charge in [-0.3, -0.25) is 4.79 Å². The van der Waals surface area contributed by atoms with Crippen molar-refractivity contribution in [2.24, 2.45) is 0 Å². The van der Waals surface area contributed by atoms with Crippen LogP contribution in [0.15, 0.2) is 80.0 Å². The van der Waals surface area contributed by atoms with Crippen LogP contribution in [0, 0.1) is 0 Å². The van der Waals surface area contributed by atoms with E-state index in [-0.39, 0.29) is 45.9 Å². The lowest BCUT2D eigenvalue weighted by molar-refractivity contribution is -0.0440. The number of furan rings is 1. The van der Waals surface area contributed by atoms with Crippen LogP contribution in [-0.4, -0.2) is 52.3 Å². The standard InChI is InChI=1S/C23H23ClN2O7S2/c1-15-13-26(14-16(2)32-15)35(30,31)20-9-5-18(6-10-20)25-23(27)21-11-12-22(33-21)34(28,29)19-7-3-17(24)4-8-19/h3-12,15-16H,13-14H2,1-2H3,(H,25,27). The summed E-state index contributed by atoms with van der Waals surface area (Å²) in [5.41, 5.74) is 0.316. The maximum atomic E-state index is 13.0. The third-order valence-electron chi connectivity index (χ3n) is 5.33. The number of anilines is 1. The van der Waals surface area contributed by atoms with E-state index in [0.717, 1.165) is 0 Å². The zero-order valence-electron chi connectivity index (χ0n) is 18.8. The van der Waals surface area contributed by atoms with Crippen LogP contribution in [0.25, 0.3) is 0 Å². The quantitative estimate of drug-likeness (QED) is 0.506. The van der Waals surface area contributed by atoms with Gasteiger partial charge in [0.2, 0.25) is 25.0 Å². The molecular formula is C23H23ClN2O7S2. The summed E-state index contributed by atoms with van der Waals surface area (Å²) >= 11 is 5.80. The minimum atomic E-state index is -3.97. The van der Waals surface area contributed by atoms with Gasteiger partial charge in [0.1, 0.15) is 0 Å². The zero-order chi connectivity index (χ0) is 25.4. The summed E-state index contributed by atoms with van der Waals surface area (Å²) in [6.45, 7) is 4.14. The van der Waals surface area contributed by atoms with Crippen LogP contribution in [0.4, 0.5) is 5.69 Å².